The largest absolute Gasteiger partial charge is 0.493 e. The predicted octanol–water partition coefficient (Wildman–Crippen LogP) is 7.10. The molecule has 2 N–H and O–H groups in total. The summed E-state index contributed by atoms with van der Waals surface area (Å²) in [6, 6.07) is 6.09. The number of alkyl halides is 2. The minimum atomic E-state index is -2.93. The van der Waals surface area contributed by atoms with Gasteiger partial charge in [-0.3, -0.25) is 9.69 Å². The van der Waals surface area contributed by atoms with Gasteiger partial charge in [-0.25, -0.2) is 18.2 Å². The lowest BCUT2D eigenvalue weighted by molar-refractivity contribution is -0.143. The van der Waals surface area contributed by atoms with Crippen LogP contribution in [0.15, 0.2) is 48.2 Å². The quantitative estimate of drug-likeness (QED) is 0.230. The summed E-state index contributed by atoms with van der Waals surface area (Å²) in [7, 11) is 1.34. The van der Waals surface area contributed by atoms with Crippen molar-refractivity contribution in [1.29, 1.82) is 0 Å². The molecule has 244 valence electrons. The number of carboxylic acids is 1. The molecule has 2 atom stereocenters. The number of aryl methyl sites for hydroxylation is 2. The van der Waals surface area contributed by atoms with Gasteiger partial charge < -0.3 is 20.1 Å². The summed E-state index contributed by atoms with van der Waals surface area (Å²) in [5.74, 6) is -3.71. The Balaban J connectivity index is 1.28. The van der Waals surface area contributed by atoms with Crippen LogP contribution in [0.25, 0.3) is 0 Å². The van der Waals surface area contributed by atoms with E-state index >= 15 is 4.39 Å². The number of benzene rings is 1. The van der Waals surface area contributed by atoms with Gasteiger partial charge in [0.15, 0.2) is 11.6 Å². The number of nitrogens with one attached hydrogen (secondary N) is 1. The number of hydrogen-bond acceptors (Lipinski definition) is 6. The van der Waals surface area contributed by atoms with Gasteiger partial charge in [-0.2, -0.15) is 0 Å². The fraction of sp³-hybridized carbons (Fsp3) is 0.543. The Kier molecular flexibility index (Phi) is 10.4. The van der Waals surface area contributed by atoms with Crippen molar-refractivity contribution in [1.82, 2.24) is 14.8 Å². The van der Waals surface area contributed by atoms with E-state index < -0.39 is 23.8 Å². The molecule has 0 unspecified atom stereocenters. The predicted molar refractivity (Wildman–Crippen MR) is 169 cm³/mol. The highest BCUT2D eigenvalue weighted by Gasteiger charge is 2.40. The molecule has 5 rings (SSSR count). The average molecular weight is 627 g/mol. The van der Waals surface area contributed by atoms with Crippen molar-refractivity contribution in [3.63, 3.8) is 0 Å². The van der Waals surface area contributed by atoms with Crippen LogP contribution in [-0.2, 0) is 17.6 Å². The van der Waals surface area contributed by atoms with E-state index in [1.165, 1.54) is 24.8 Å². The van der Waals surface area contributed by atoms with Crippen molar-refractivity contribution in [2.75, 3.05) is 38.6 Å². The van der Waals surface area contributed by atoms with Gasteiger partial charge in [-0.15, -0.1) is 0 Å². The molecule has 0 bridgehead atoms. The summed E-state index contributed by atoms with van der Waals surface area (Å²) in [4.78, 5) is 21.3. The van der Waals surface area contributed by atoms with Crippen LogP contribution in [-0.4, -0.2) is 71.1 Å². The number of anilines is 1. The maximum absolute atomic E-state index is 15.1. The molecule has 45 heavy (non-hydrogen) atoms. The first-order chi connectivity index (χ1) is 21.6. The van der Waals surface area contributed by atoms with Crippen LogP contribution in [0.2, 0.25) is 0 Å². The van der Waals surface area contributed by atoms with Crippen LogP contribution in [0.4, 0.5) is 19.0 Å². The Hall–Kier alpha value is -3.53. The number of ether oxygens (including phenoxy) is 1. The summed E-state index contributed by atoms with van der Waals surface area (Å²) in [5, 5.41) is 13.7. The van der Waals surface area contributed by atoms with Crippen molar-refractivity contribution >= 4 is 11.8 Å². The Bertz CT molecular complexity index is 1430. The smallest absolute Gasteiger partial charge is 0.325 e. The number of allylic oxidation sites excluding steroid dienone is 4. The number of carbonyl (C=O) groups is 1. The maximum atomic E-state index is 15.1. The summed E-state index contributed by atoms with van der Waals surface area (Å²) < 4.78 is 49.4. The van der Waals surface area contributed by atoms with Gasteiger partial charge in [-0.05, 0) is 85.9 Å². The molecule has 1 aromatic carbocycles. The summed E-state index contributed by atoms with van der Waals surface area (Å²) in [6.45, 7) is 6.18. The van der Waals surface area contributed by atoms with Crippen molar-refractivity contribution in [2.24, 2.45) is 0 Å². The van der Waals surface area contributed by atoms with Crippen molar-refractivity contribution in [3.05, 3.63) is 76.4 Å². The highest BCUT2D eigenvalue weighted by Crippen LogP contribution is 2.39. The molecule has 10 heteroatoms. The number of fused-ring (bicyclic) bond motifs is 1. The monoisotopic (exact) mass is 626 g/mol. The van der Waals surface area contributed by atoms with Crippen molar-refractivity contribution in [3.8, 4) is 5.75 Å². The minimum absolute atomic E-state index is 0.00641. The van der Waals surface area contributed by atoms with Crippen LogP contribution >= 0.6 is 0 Å². The molecule has 1 aliphatic carbocycles. The number of likely N-dealkylation sites (tertiary alicyclic amines) is 1. The van der Waals surface area contributed by atoms with Crippen LogP contribution in [0.1, 0.15) is 86.7 Å². The number of aliphatic carboxylic acids is 1. The van der Waals surface area contributed by atoms with E-state index in [1.807, 2.05) is 18.7 Å². The lowest BCUT2D eigenvalue weighted by atomic mass is 9.95. The Morgan fingerprint density at radius 3 is 2.80 bits per heavy atom. The first kappa shape index (κ1) is 32.9. The number of carboxylic acid groups (broad SMARTS) is 1. The van der Waals surface area contributed by atoms with E-state index in [4.69, 9.17) is 9.72 Å². The third-order valence-electron chi connectivity index (χ3n) is 9.19. The number of nitrogens with zero attached hydrogens (tertiary/aromatic N) is 3. The highest BCUT2D eigenvalue weighted by molar-refractivity contribution is 5.77. The average Bonchev–Trinajstić information content (AvgIpc) is 3.47. The maximum Gasteiger partial charge on any atom is 0.325 e. The van der Waals surface area contributed by atoms with Gasteiger partial charge in [0.05, 0.1) is 13.5 Å². The van der Waals surface area contributed by atoms with Crippen molar-refractivity contribution < 1.29 is 27.8 Å². The first-order valence-corrected chi connectivity index (χ1v) is 16.2. The molecular formula is C35H45F3N4O3. The lowest BCUT2D eigenvalue weighted by Crippen LogP contribution is -2.41. The molecule has 0 saturated carbocycles. The number of hydrogen-bond donors (Lipinski definition) is 2. The third kappa shape index (κ3) is 7.83. The Morgan fingerprint density at radius 1 is 1.24 bits per heavy atom. The van der Waals surface area contributed by atoms with Crippen LogP contribution in [0.5, 0.6) is 5.75 Å². The second-order valence-corrected chi connectivity index (χ2v) is 12.8. The molecule has 3 heterocycles. The van der Waals surface area contributed by atoms with Crippen LogP contribution in [0.3, 0.4) is 0 Å². The van der Waals surface area contributed by atoms with E-state index in [1.54, 1.807) is 12.1 Å². The highest BCUT2D eigenvalue weighted by atomic mass is 19.3. The molecule has 0 spiro atoms. The molecule has 7 nitrogen and oxygen atoms in total. The molecule has 1 aromatic heterocycles. The summed E-state index contributed by atoms with van der Waals surface area (Å²) >= 11 is 0. The van der Waals surface area contributed by atoms with Gasteiger partial charge >= 0.3 is 5.97 Å². The molecule has 1 fully saturated rings. The third-order valence-corrected chi connectivity index (χ3v) is 9.19. The normalized spacial score (nSPS) is 20.0. The first-order valence-electron chi connectivity index (χ1n) is 16.2. The number of unbranched alkanes of at least 4 members (excludes halogenated alkanes) is 2. The summed E-state index contributed by atoms with van der Waals surface area (Å²) in [6.07, 6.45) is 10.0. The van der Waals surface area contributed by atoms with Gasteiger partial charge in [-0.1, -0.05) is 32.4 Å². The Morgan fingerprint density at radius 2 is 2.07 bits per heavy atom. The zero-order valence-corrected chi connectivity index (χ0v) is 26.5. The number of methoxy groups -OCH3 is 1. The molecule has 2 aromatic rings. The van der Waals surface area contributed by atoms with Gasteiger partial charge in [0.25, 0.3) is 5.92 Å². The van der Waals surface area contributed by atoms with E-state index in [-0.39, 0.29) is 29.7 Å². The second kappa shape index (κ2) is 14.3. The van der Waals surface area contributed by atoms with E-state index in [0.29, 0.717) is 37.3 Å². The van der Waals surface area contributed by atoms with Crippen LogP contribution in [0, 0.1) is 5.82 Å². The zero-order valence-electron chi connectivity index (χ0n) is 26.5. The molecule has 1 saturated heterocycles. The molecule has 0 amide bonds. The molecular weight excluding hydrogens is 581 g/mol. The van der Waals surface area contributed by atoms with Gasteiger partial charge in [0.2, 0.25) is 0 Å². The van der Waals surface area contributed by atoms with Gasteiger partial charge in [0.1, 0.15) is 11.9 Å². The lowest BCUT2D eigenvalue weighted by Gasteiger charge is -2.36. The number of halogens is 3. The number of pyridine rings is 1. The second-order valence-electron chi connectivity index (χ2n) is 12.8. The minimum Gasteiger partial charge on any atom is -0.493 e. The SMILES string of the molecule is COc1c(F)cc(C(C)C)cc1[C@@H](C(=O)O)N1CC[C@@H](N(CCCCCc2ccc3c(n2)NCCC3)C2=CC=CC(F)(F)C2)C1. The van der Waals surface area contributed by atoms with Crippen LogP contribution < -0.4 is 10.1 Å². The number of rotatable bonds is 13. The topological polar surface area (TPSA) is 77.9 Å². The Labute approximate surface area is 264 Å². The number of aromatic nitrogens is 1. The summed E-state index contributed by atoms with van der Waals surface area (Å²) in [5.41, 5.74) is 3.85. The fourth-order valence-electron chi connectivity index (χ4n) is 6.82. The molecule has 0 radical (unpaired) electrons. The molecule has 3 aliphatic rings. The van der Waals surface area contributed by atoms with Crippen molar-refractivity contribution in [2.45, 2.75) is 89.1 Å². The zero-order chi connectivity index (χ0) is 32.1. The van der Waals surface area contributed by atoms with Gasteiger partial charge in [0, 0.05) is 49.2 Å². The molecule has 2 aliphatic heterocycles. The van der Waals surface area contributed by atoms with E-state index in [0.717, 1.165) is 62.7 Å². The fourth-order valence-corrected chi connectivity index (χ4v) is 6.82. The van der Waals surface area contributed by atoms with E-state index in [2.05, 4.69) is 22.3 Å². The standard InChI is InChI=1S/C35H45F3N4O3/c1-23(2)25-19-29(32(45-3)30(36)20-25)31(34(43)44)41-18-14-28(22-41)42(27-11-7-15-35(37,38)21-27)17-6-4-5-10-26-13-12-24-9-8-16-39-33(24)40-26/h7,11-13,15,19-20,23,28,31H,4-6,8-10,14,16-18,21-22H2,1-3H3,(H,39,40)(H,43,44)/t28-,31+/m1/s1. The van der Waals surface area contributed by atoms with E-state index in [9.17, 15) is 18.7 Å².